The maximum atomic E-state index is 12.6. The topological polar surface area (TPSA) is 70.2 Å². The SMILES string of the molecule is O=C(Nc1ccc(N2CCOCC2)nc1)N1CCC(CCN2CCOCC2)CC1. The zero-order valence-electron chi connectivity index (χ0n) is 17.2. The minimum absolute atomic E-state index is 0.0162. The molecule has 0 aliphatic carbocycles. The number of nitrogens with zero attached hydrogens (tertiary/aromatic N) is 4. The number of carbonyl (C=O) groups excluding carboxylic acids is 1. The van der Waals surface area contributed by atoms with E-state index in [1.165, 1.54) is 6.42 Å². The highest BCUT2D eigenvalue weighted by Gasteiger charge is 2.23. The molecule has 1 N–H and O–H groups in total. The van der Waals surface area contributed by atoms with Crippen LogP contribution in [0.1, 0.15) is 19.3 Å². The fraction of sp³-hybridized carbons (Fsp3) is 0.714. The third-order valence-corrected chi connectivity index (χ3v) is 6.19. The van der Waals surface area contributed by atoms with Crippen molar-refractivity contribution in [3.05, 3.63) is 18.3 Å². The fourth-order valence-corrected chi connectivity index (χ4v) is 4.26. The average molecular weight is 404 g/mol. The van der Waals surface area contributed by atoms with Gasteiger partial charge in [0, 0.05) is 39.3 Å². The minimum Gasteiger partial charge on any atom is -0.379 e. The number of amides is 2. The summed E-state index contributed by atoms with van der Waals surface area (Å²) in [6, 6.07) is 3.89. The number of anilines is 2. The Kier molecular flexibility index (Phi) is 7.18. The van der Waals surface area contributed by atoms with Gasteiger partial charge in [0.25, 0.3) is 0 Å². The van der Waals surface area contributed by atoms with Crippen LogP contribution in [-0.4, -0.2) is 93.1 Å². The lowest BCUT2D eigenvalue weighted by molar-refractivity contribution is 0.0340. The average Bonchev–Trinajstić information content (AvgIpc) is 2.80. The second-order valence-electron chi connectivity index (χ2n) is 8.11. The number of aromatic nitrogens is 1. The molecule has 3 aliphatic rings. The third-order valence-electron chi connectivity index (χ3n) is 6.19. The lowest BCUT2D eigenvalue weighted by Crippen LogP contribution is -2.42. The molecule has 0 aromatic carbocycles. The van der Waals surface area contributed by atoms with Crippen molar-refractivity contribution in [3.63, 3.8) is 0 Å². The van der Waals surface area contributed by atoms with E-state index in [4.69, 9.17) is 9.47 Å². The molecule has 4 rings (SSSR count). The van der Waals surface area contributed by atoms with E-state index in [-0.39, 0.29) is 6.03 Å². The number of hydrogen-bond acceptors (Lipinski definition) is 6. The van der Waals surface area contributed by atoms with Crippen LogP contribution in [0.15, 0.2) is 18.3 Å². The van der Waals surface area contributed by atoms with Gasteiger partial charge in [-0.1, -0.05) is 0 Å². The Bertz CT molecular complexity index is 636. The Morgan fingerprint density at radius 2 is 1.69 bits per heavy atom. The van der Waals surface area contributed by atoms with E-state index in [0.29, 0.717) is 0 Å². The highest BCUT2D eigenvalue weighted by molar-refractivity contribution is 5.89. The summed E-state index contributed by atoms with van der Waals surface area (Å²) < 4.78 is 10.8. The first-order valence-electron chi connectivity index (χ1n) is 10.9. The van der Waals surface area contributed by atoms with Crippen LogP contribution in [-0.2, 0) is 9.47 Å². The highest BCUT2D eigenvalue weighted by Crippen LogP contribution is 2.22. The van der Waals surface area contributed by atoms with Crippen molar-refractivity contribution < 1.29 is 14.3 Å². The van der Waals surface area contributed by atoms with Gasteiger partial charge in [0.05, 0.1) is 38.3 Å². The number of nitrogens with one attached hydrogen (secondary N) is 1. The quantitative estimate of drug-likeness (QED) is 0.810. The lowest BCUT2D eigenvalue weighted by atomic mass is 9.93. The number of piperidine rings is 1. The molecule has 0 spiro atoms. The molecule has 0 radical (unpaired) electrons. The van der Waals surface area contributed by atoms with E-state index in [9.17, 15) is 4.79 Å². The number of likely N-dealkylation sites (tertiary alicyclic amines) is 1. The summed E-state index contributed by atoms with van der Waals surface area (Å²) in [5.41, 5.74) is 0.751. The fourth-order valence-electron chi connectivity index (χ4n) is 4.26. The number of urea groups is 1. The highest BCUT2D eigenvalue weighted by atomic mass is 16.5. The summed E-state index contributed by atoms with van der Waals surface area (Å²) in [7, 11) is 0. The molecule has 3 aliphatic heterocycles. The number of ether oxygens (including phenoxy) is 2. The first-order chi connectivity index (χ1) is 14.3. The number of hydrogen-bond donors (Lipinski definition) is 1. The van der Waals surface area contributed by atoms with Crippen molar-refractivity contribution >= 4 is 17.5 Å². The van der Waals surface area contributed by atoms with Crippen LogP contribution < -0.4 is 10.2 Å². The molecule has 1 aromatic rings. The molecule has 0 saturated carbocycles. The largest absolute Gasteiger partial charge is 0.379 e. The molecule has 2 amide bonds. The normalized spacial score (nSPS) is 21.9. The van der Waals surface area contributed by atoms with E-state index in [1.807, 2.05) is 17.0 Å². The maximum Gasteiger partial charge on any atom is 0.321 e. The molecule has 3 fully saturated rings. The van der Waals surface area contributed by atoms with Crippen molar-refractivity contribution in [1.82, 2.24) is 14.8 Å². The Balaban J connectivity index is 1.18. The number of pyridine rings is 1. The Labute approximate surface area is 173 Å². The van der Waals surface area contributed by atoms with E-state index in [1.54, 1.807) is 6.20 Å². The molecule has 1 aromatic heterocycles. The number of morpholine rings is 2. The third kappa shape index (κ3) is 5.81. The smallest absolute Gasteiger partial charge is 0.321 e. The van der Waals surface area contributed by atoms with E-state index in [0.717, 1.165) is 103 Å². The van der Waals surface area contributed by atoms with Gasteiger partial charge in [0.1, 0.15) is 5.82 Å². The summed E-state index contributed by atoms with van der Waals surface area (Å²) in [4.78, 5) is 23.7. The van der Waals surface area contributed by atoms with Crippen molar-refractivity contribution in [3.8, 4) is 0 Å². The zero-order chi connectivity index (χ0) is 19.9. The predicted molar refractivity (Wildman–Crippen MR) is 112 cm³/mol. The molecule has 29 heavy (non-hydrogen) atoms. The van der Waals surface area contributed by atoms with Crippen molar-refractivity contribution in [2.45, 2.75) is 19.3 Å². The van der Waals surface area contributed by atoms with Crippen LogP contribution in [0.4, 0.5) is 16.3 Å². The molecule has 8 nitrogen and oxygen atoms in total. The van der Waals surface area contributed by atoms with Gasteiger partial charge in [-0.25, -0.2) is 9.78 Å². The van der Waals surface area contributed by atoms with Crippen LogP contribution in [0.2, 0.25) is 0 Å². The second-order valence-corrected chi connectivity index (χ2v) is 8.11. The number of carbonyl (C=O) groups is 1. The summed E-state index contributed by atoms with van der Waals surface area (Å²) >= 11 is 0. The lowest BCUT2D eigenvalue weighted by Gasteiger charge is -2.34. The van der Waals surface area contributed by atoms with Crippen molar-refractivity contribution in [2.75, 3.05) is 82.5 Å². The van der Waals surface area contributed by atoms with Crippen LogP contribution >= 0.6 is 0 Å². The van der Waals surface area contributed by atoms with Crippen LogP contribution in [0.25, 0.3) is 0 Å². The number of rotatable bonds is 5. The van der Waals surface area contributed by atoms with Gasteiger partial charge in [0.2, 0.25) is 0 Å². The molecule has 0 bridgehead atoms. The molecule has 160 valence electrons. The van der Waals surface area contributed by atoms with Crippen molar-refractivity contribution in [1.29, 1.82) is 0 Å². The maximum absolute atomic E-state index is 12.6. The standard InChI is InChI=1S/C21H33N5O3/c27-21(23-19-1-2-20(22-17-19)25-11-15-29-16-12-25)26-7-4-18(5-8-26)3-6-24-9-13-28-14-10-24/h1-2,17-18H,3-16H2,(H,23,27). The van der Waals surface area contributed by atoms with Crippen LogP contribution in [0, 0.1) is 5.92 Å². The molecule has 0 atom stereocenters. The molecular formula is C21H33N5O3. The van der Waals surface area contributed by atoms with Gasteiger partial charge in [0.15, 0.2) is 0 Å². The first-order valence-corrected chi connectivity index (χ1v) is 10.9. The summed E-state index contributed by atoms with van der Waals surface area (Å²) in [6.45, 7) is 9.85. The molecule has 0 unspecified atom stereocenters. The molecule has 3 saturated heterocycles. The monoisotopic (exact) mass is 403 g/mol. The van der Waals surface area contributed by atoms with Crippen LogP contribution in [0.3, 0.4) is 0 Å². The summed E-state index contributed by atoms with van der Waals surface area (Å²) in [5.74, 6) is 1.66. The Morgan fingerprint density at radius 3 is 2.34 bits per heavy atom. The van der Waals surface area contributed by atoms with Gasteiger partial charge >= 0.3 is 6.03 Å². The van der Waals surface area contributed by atoms with Gasteiger partial charge in [-0.05, 0) is 43.9 Å². The minimum atomic E-state index is -0.0162. The van der Waals surface area contributed by atoms with E-state index >= 15 is 0 Å². The van der Waals surface area contributed by atoms with Gasteiger partial charge in [-0.3, -0.25) is 4.90 Å². The molecule has 8 heteroatoms. The Hall–Kier alpha value is -1.90. The molecular weight excluding hydrogens is 370 g/mol. The van der Waals surface area contributed by atoms with E-state index < -0.39 is 0 Å². The first kappa shape index (κ1) is 20.4. The van der Waals surface area contributed by atoms with Gasteiger partial charge < -0.3 is 24.6 Å². The zero-order valence-corrected chi connectivity index (χ0v) is 17.2. The van der Waals surface area contributed by atoms with Crippen molar-refractivity contribution in [2.24, 2.45) is 5.92 Å². The Morgan fingerprint density at radius 1 is 1.00 bits per heavy atom. The van der Waals surface area contributed by atoms with Gasteiger partial charge in [-0.15, -0.1) is 0 Å². The summed E-state index contributed by atoms with van der Waals surface area (Å²) in [6.07, 6.45) is 5.15. The molecule has 4 heterocycles. The van der Waals surface area contributed by atoms with E-state index in [2.05, 4.69) is 20.1 Å². The summed E-state index contributed by atoms with van der Waals surface area (Å²) in [5, 5.41) is 3.00. The predicted octanol–water partition coefficient (Wildman–Crippen LogP) is 1.88. The van der Waals surface area contributed by atoms with Gasteiger partial charge in [-0.2, -0.15) is 0 Å². The second kappa shape index (κ2) is 10.2. The van der Waals surface area contributed by atoms with Crippen LogP contribution in [0.5, 0.6) is 0 Å².